The number of ether oxygens (including phenoxy) is 1. The highest BCUT2D eigenvalue weighted by Crippen LogP contribution is 2.37. The number of hydrogen-bond acceptors (Lipinski definition) is 3. The summed E-state index contributed by atoms with van der Waals surface area (Å²) < 4.78 is 5.08. The van der Waals surface area contributed by atoms with Gasteiger partial charge >= 0.3 is 5.97 Å². The Kier molecular flexibility index (Phi) is 3.88. The van der Waals surface area contributed by atoms with Crippen LogP contribution in [0.3, 0.4) is 0 Å². The van der Waals surface area contributed by atoms with Crippen LogP contribution in [0.15, 0.2) is 65.7 Å². The molecule has 1 aliphatic heterocycles. The minimum Gasteiger partial charge on any atom is -0.463 e. The number of hydrogen-bond donors (Lipinski definition) is 0. The van der Waals surface area contributed by atoms with Crippen LogP contribution >= 0.6 is 0 Å². The lowest BCUT2D eigenvalue weighted by Crippen LogP contribution is -2.13. The van der Waals surface area contributed by atoms with E-state index >= 15 is 0 Å². The summed E-state index contributed by atoms with van der Waals surface area (Å²) in [5.41, 5.74) is 4.56. The van der Waals surface area contributed by atoms with Crippen molar-refractivity contribution < 1.29 is 9.53 Å². The molecule has 3 nitrogen and oxygen atoms in total. The monoisotopic (exact) mass is 291 g/mol. The molecule has 22 heavy (non-hydrogen) atoms. The average Bonchev–Trinajstić information content (AvgIpc) is 2.72. The molecule has 110 valence electrons. The maximum absolute atomic E-state index is 12.0. The summed E-state index contributed by atoms with van der Waals surface area (Å²) in [4.78, 5) is 16.6. The molecule has 1 aliphatic rings. The van der Waals surface area contributed by atoms with Crippen molar-refractivity contribution in [2.75, 3.05) is 6.61 Å². The van der Waals surface area contributed by atoms with Crippen molar-refractivity contribution in [1.29, 1.82) is 0 Å². The molecule has 0 amide bonds. The largest absolute Gasteiger partial charge is 0.463 e. The van der Waals surface area contributed by atoms with Gasteiger partial charge < -0.3 is 4.74 Å². The summed E-state index contributed by atoms with van der Waals surface area (Å²) in [6.45, 7) is 6.02. The van der Waals surface area contributed by atoms with Gasteiger partial charge in [-0.1, -0.05) is 55.1 Å². The molecule has 1 atom stereocenters. The Labute approximate surface area is 130 Å². The summed E-state index contributed by atoms with van der Waals surface area (Å²) in [5, 5.41) is 0. The van der Waals surface area contributed by atoms with Crippen LogP contribution in [0.2, 0.25) is 0 Å². The standard InChI is InChI=1S/C19H17NO2/c1-3-22-19(21)13(2)18-17-11-7-6-10-16(17)15-9-5-4-8-14(15)12-20-18/h4-12,18H,2-3H2,1H3. The van der Waals surface area contributed by atoms with Crippen LogP contribution in [0.1, 0.15) is 24.1 Å². The summed E-state index contributed by atoms with van der Waals surface area (Å²) in [5.74, 6) is -0.398. The number of benzene rings is 2. The fourth-order valence-electron chi connectivity index (χ4n) is 2.68. The second-order valence-electron chi connectivity index (χ2n) is 5.10. The molecule has 0 spiro atoms. The highest BCUT2D eigenvalue weighted by molar-refractivity contribution is 5.96. The number of carbonyl (C=O) groups excluding carboxylic acids is 1. The number of fused-ring (bicyclic) bond motifs is 3. The first-order chi connectivity index (χ1) is 10.7. The number of rotatable bonds is 3. The molecule has 0 saturated heterocycles. The highest BCUT2D eigenvalue weighted by atomic mass is 16.5. The van der Waals surface area contributed by atoms with Gasteiger partial charge in [0.05, 0.1) is 12.2 Å². The Morgan fingerprint density at radius 2 is 1.82 bits per heavy atom. The van der Waals surface area contributed by atoms with Gasteiger partial charge in [-0.2, -0.15) is 0 Å². The zero-order valence-electron chi connectivity index (χ0n) is 12.5. The van der Waals surface area contributed by atoms with E-state index in [-0.39, 0.29) is 0 Å². The molecule has 3 heteroatoms. The van der Waals surface area contributed by atoms with Gasteiger partial charge in [0.25, 0.3) is 0 Å². The Balaban J connectivity index is 2.12. The first-order valence-electron chi connectivity index (χ1n) is 7.29. The van der Waals surface area contributed by atoms with Gasteiger partial charge in [-0.05, 0) is 23.6 Å². The van der Waals surface area contributed by atoms with Gasteiger partial charge in [0.15, 0.2) is 0 Å². The van der Waals surface area contributed by atoms with Crippen molar-refractivity contribution in [3.05, 3.63) is 71.8 Å². The van der Waals surface area contributed by atoms with E-state index in [0.29, 0.717) is 12.2 Å². The van der Waals surface area contributed by atoms with Crippen LogP contribution in [-0.4, -0.2) is 18.8 Å². The molecular formula is C19H17NO2. The van der Waals surface area contributed by atoms with E-state index in [0.717, 1.165) is 22.3 Å². The van der Waals surface area contributed by atoms with Gasteiger partial charge in [-0.25, -0.2) is 4.79 Å². The Bertz CT molecular complexity index is 762. The Morgan fingerprint density at radius 1 is 1.14 bits per heavy atom. The van der Waals surface area contributed by atoms with E-state index in [2.05, 4.69) is 17.6 Å². The van der Waals surface area contributed by atoms with Gasteiger partial charge in [0.1, 0.15) is 6.04 Å². The molecule has 0 N–H and O–H groups in total. The van der Waals surface area contributed by atoms with E-state index in [9.17, 15) is 4.79 Å². The predicted molar refractivity (Wildman–Crippen MR) is 88.0 cm³/mol. The van der Waals surface area contributed by atoms with Crippen molar-refractivity contribution in [3.8, 4) is 11.1 Å². The minimum atomic E-state index is -0.414. The smallest absolute Gasteiger partial charge is 0.335 e. The molecule has 3 rings (SSSR count). The van der Waals surface area contributed by atoms with E-state index < -0.39 is 12.0 Å². The van der Waals surface area contributed by atoms with Crippen LogP contribution in [0.25, 0.3) is 11.1 Å². The number of nitrogens with zero attached hydrogens (tertiary/aromatic N) is 1. The lowest BCUT2D eigenvalue weighted by Gasteiger charge is -2.16. The van der Waals surface area contributed by atoms with Crippen LogP contribution in [-0.2, 0) is 9.53 Å². The third-order valence-electron chi connectivity index (χ3n) is 3.74. The summed E-state index contributed by atoms with van der Waals surface area (Å²) in [6.07, 6.45) is 1.81. The molecule has 1 heterocycles. The van der Waals surface area contributed by atoms with Crippen LogP contribution in [0.4, 0.5) is 0 Å². The summed E-state index contributed by atoms with van der Waals surface area (Å²) in [6, 6.07) is 15.6. The Hall–Kier alpha value is -2.68. The van der Waals surface area contributed by atoms with Gasteiger partial charge in [0, 0.05) is 11.8 Å². The van der Waals surface area contributed by atoms with Crippen molar-refractivity contribution in [2.45, 2.75) is 13.0 Å². The lowest BCUT2D eigenvalue weighted by molar-refractivity contribution is -0.138. The third-order valence-corrected chi connectivity index (χ3v) is 3.74. The maximum Gasteiger partial charge on any atom is 0.335 e. The number of carbonyl (C=O) groups is 1. The highest BCUT2D eigenvalue weighted by Gasteiger charge is 2.25. The quantitative estimate of drug-likeness (QED) is 0.634. The van der Waals surface area contributed by atoms with Crippen molar-refractivity contribution >= 4 is 12.2 Å². The molecule has 0 aromatic heterocycles. The van der Waals surface area contributed by atoms with Crippen molar-refractivity contribution in [1.82, 2.24) is 0 Å². The molecule has 0 radical (unpaired) electrons. The lowest BCUT2D eigenvalue weighted by atomic mass is 9.91. The Morgan fingerprint density at radius 3 is 2.59 bits per heavy atom. The average molecular weight is 291 g/mol. The normalized spacial score (nSPS) is 15.4. The molecule has 0 fully saturated rings. The topological polar surface area (TPSA) is 38.7 Å². The van der Waals surface area contributed by atoms with Crippen molar-refractivity contribution in [2.24, 2.45) is 4.99 Å². The summed E-state index contributed by atoms with van der Waals surface area (Å²) in [7, 11) is 0. The van der Waals surface area contributed by atoms with Crippen molar-refractivity contribution in [3.63, 3.8) is 0 Å². The molecular weight excluding hydrogens is 274 g/mol. The van der Waals surface area contributed by atoms with E-state index in [1.165, 1.54) is 0 Å². The van der Waals surface area contributed by atoms with E-state index in [1.54, 1.807) is 6.92 Å². The zero-order chi connectivity index (χ0) is 15.5. The second-order valence-corrected chi connectivity index (χ2v) is 5.10. The van der Waals surface area contributed by atoms with E-state index in [4.69, 9.17) is 4.74 Å². The van der Waals surface area contributed by atoms with Gasteiger partial charge in [-0.15, -0.1) is 0 Å². The zero-order valence-corrected chi connectivity index (χ0v) is 12.5. The number of esters is 1. The third kappa shape index (κ3) is 2.46. The summed E-state index contributed by atoms with van der Waals surface area (Å²) >= 11 is 0. The van der Waals surface area contributed by atoms with Crippen LogP contribution in [0.5, 0.6) is 0 Å². The van der Waals surface area contributed by atoms with Gasteiger partial charge in [-0.3, -0.25) is 4.99 Å². The first kappa shape index (κ1) is 14.3. The maximum atomic E-state index is 12.0. The predicted octanol–water partition coefficient (Wildman–Crippen LogP) is 3.95. The minimum absolute atomic E-state index is 0.330. The second kappa shape index (κ2) is 5.98. The number of aliphatic imine (C=N–C) groups is 1. The molecule has 0 saturated carbocycles. The molecule has 1 unspecified atom stereocenters. The SMILES string of the molecule is C=C(C(=O)OCC)C1N=Cc2ccccc2-c2ccccc21. The van der Waals surface area contributed by atoms with Crippen LogP contribution < -0.4 is 0 Å². The first-order valence-corrected chi connectivity index (χ1v) is 7.29. The van der Waals surface area contributed by atoms with E-state index in [1.807, 2.05) is 48.7 Å². The van der Waals surface area contributed by atoms with Crippen LogP contribution in [0, 0.1) is 0 Å². The van der Waals surface area contributed by atoms with Gasteiger partial charge in [0.2, 0.25) is 0 Å². The molecule has 0 aliphatic carbocycles. The molecule has 2 aromatic carbocycles. The fourth-order valence-corrected chi connectivity index (χ4v) is 2.68. The molecule has 0 bridgehead atoms. The fraction of sp³-hybridized carbons (Fsp3) is 0.158. The molecule has 2 aromatic rings.